The number of hydrogen-bond acceptors (Lipinski definition) is 7. The van der Waals surface area contributed by atoms with Gasteiger partial charge in [0.2, 0.25) is 0 Å². The van der Waals surface area contributed by atoms with E-state index in [0.717, 1.165) is 16.8 Å². The van der Waals surface area contributed by atoms with Crippen LogP contribution in [0.25, 0.3) is 22.9 Å². The van der Waals surface area contributed by atoms with Gasteiger partial charge in [0, 0.05) is 16.5 Å². The van der Waals surface area contributed by atoms with Gasteiger partial charge < -0.3 is 18.9 Å². The monoisotopic (exact) mass is 408 g/mol. The van der Waals surface area contributed by atoms with Gasteiger partial charge in [0.25, 0.3) is 0 Å². The molecule has 0 unspecified atom stereocenters. The van der Waals surface area contributed by atoms with E-state index in [-0.39, 0.29) is 0 Å². The van der Waals surface area contributed by atoms with Crippen LogP contribution in [0, 0.1) is 11.3 Å². The molecule has 29 heavy (non-hydrogen) atoms. The molecule has 7 heteroatoms. The number of allylic oxidation sites excluding steroid dienone is 1. The minimum absolute atomic E-state index is 0.438. The molecule has 3 rings (SSSR count). The summed E-state index contributed by atoms with van der Waals surface area (Å²) in [6.45, 7) is 0. The van der Waals surface area contributed by atoms with Crippen LogP contribution in [0.1, 0.15) is 10.6 Å². The van der Waals surface area contributed by atoms with Gasteiger partial charge in [0.05, 0.1) is 39.7 Å². The molecular weight excluding hydrogens is 388 g/mol. The lowest BCUT2D eigenvalue weighted by Gasteiger charge is -2.08. The number of ether oxygens (including phenoxy) is 4. The standard InChI is InChI=1S/C22H20N2O4S/c1-25-17-6-8-19(26-2)15(10-17)9-16(12-23)22-24-18(13-29-22)14-5-7-20(27-3)21(11-14)28-4/h5-11,13H,1-4H3/b16-9+. The number of methoxy groups -OCH3 is 4. The molecule has 3 aromatic rings. The number of aromatic nitrogens is 1. The smallest absolute Gasteiger partial charge is 0.161 e. The van der Waals surface area contributed by atoms with Crippen LogP contribution in [0.3, 0.4) is 0 Å². The topological polar surface area (TPSA) is 73.6 Å². The fraction of sp³-hybridized carbons (Fsp3) is 0.182. The Balaban J connectivity index is 1.99. The molecule has 0 spiro atoms. The molecule has 0 bridgehead atoms. The van der Waals surface area contributed by atoms with Gasteiger partial charge in [0.15, 0.2) is 11.5 Å². The molecule has 0 saturated carbocycles. The van der Waals surface area contributed by atoms with Gasteiger partial charge in [-0.25, -0.2) is 4.98 Å². The molecule has 0 N–H and O–H groups in total. The molecule has 1 aromatic heterocycles. The first-order valence-corrected chi connectivity index (χ1v) is 9.53. The van der Waals surface area contributed by atoms with Gasteiger partial charge in [-0.1, -0.05) is 0 Å². The van der Waals surface area contributed by atoms with Crippen LogP contribution in [0.15, 0.2) is 41.8 Å². The van der Waals surface area contributed by atoms with Crippen LogP contribution in [-0.4, -0.2) is 33.4 Å². The fourth-order valence-electron chi connectivity index (χ4n) is 2.78. The van der Waals surface area contributed by atoms with Crippen LogP contribution < -0.4 is 18.9 Å². The summed E-state index contributed by atoms with van der Waals surface area (Å²) >= 11 is 1.40. The van der Waals surface area contributed by atoms with Gasteiger partial charge >= 0.3 is 0 Å². The molecule has 0 amide bonds. The van der Waals surface area contributed by atoms with Crippen molar-refractivity contribution >= 4 is 23.0 Å². The van der Waals surface area contributed by atoms with Crippen LogP contribution >= 0.6 is 11.3 Å². The van der Waals surface area contributed by atoms with Crippen molar-refractivity contribution in [3.63, 3.8) is 0 Å². The van der Waals surface area contributed by atoms with E-state index in [2.05, 4.69) is 11.1 Å². The van der Waals surface area contributed by atoms with Crippen molar-refractivity contribution in [2.45, 2.75) is 0 Å². The summed E-state index contributed by atoms with van der Waals surface area (Å²) in [5.74, 6) is 2.60. The molecule has 0 aliphatic rings. The summed E-state index contributed by atoms with van der Waals surface area (Å²) in [5.41, 5.74) is 2.81. The second kappa shape index (κ2) is 9.13. The number of nitriles is 1. The SMILES string of the molecule is COc1ccc(OC)c(/C=C(\C#N)c2nc(-c3ccc(OC)c(OC)c3)cs2)c1. The Kier molecular flexibility index (Phi) is 6.37. The number of hydrogen-bond donors (Lipinski definition) is 0. The van der Waals surface area contributed by atoms with Crippen LogP contribution in [0.4, 0.5) is 0 Å². The molecule has 2 aromatic carbocycles. The molecule has 0 radical (unpaired) electrons. The molecule has 0 atom stereocenters. The first-order chi connectivity index (χ1) is 14.1. The fourth-order valence-corrected chi connectivity index (χ4v) is 3.57. The zero-order valence-electron chi connectivity index (χ0n) is 16.6. The predicted octanol–water partition coefficient (Wildman–Crippen LogP) is 4.91. The first kappa shape index (κ1) is 20.2. The average molecular weight is 408 g/mol. The van der Waals surface area contributed by atoms with Gasteiger partial charge in [-0.05, 0) is 42.5 Å². The van der Waals surface area contributed by atoms with Crippen molar-refractivity contribution in [1.29, 1.82) is 5.26 Å². The molecule has 0 fully saturated rings. The lowest BCUT2D eigenvalue weighted by Crippen LogP contribution is -1.91. The zero-order valence-corrected chi connectivity index (χ0v) is 17.4. The summed E-state index contributed by atoms with van der Waals surface area (Å²) in [7, 11) is 6.36. The van der Waals surface area contributed by atoms with Crippen molar-refractivity contribution < 1.29 is 18.9 Å². The Bertz CT molecular complexity index is 1080. The summed E-state index contributed by atoms with van der Waals surface area (Å²) in [5, 5.41) is 12.2. The van der Waals surface area contributed by atoms with E-state index in [9.17, 15) is 5.26 Å². The molecule has 0 aliphatic carbocycles. The van der Waals surface area contributed by atoms with Crippen LogP contribution in [-0.2, 0) is 0 Å². The van der Waals surface area contributed by atoms with Crippen LogP contribution in [0.5, 0.6) is 23.0 Å². The van der Waals surface area contributed by atoms with Gasteiger partial charge in [-0.2, -0.15) is 5.26 Å². The highest BCUT2D eigenvalue weighted by Gasteiger charge is 2.13. The van der Waals surface area contributed by atoms with E-state index in [1.165, 1.54) is 11.3 Å². The Morgan fingerprint density at radius 1 is 0.931 bits per heavy atom. The van der Waals surface area contributed by atoms with Crippen molar-refractivity contribution in [2.75, 3.05) is 28.4 Å². The molecule has 1 heterocycles. The highest BCUT2D eigenvalue weighted by atomic mass is 32.1. The maximum absolute atomic E-state index is 9.70. The zero-order chi connectivity index (χ0) is 20.8. The largest absolute Gasteiger partial charge is 0.497 e. The maximum Gasteiger partial charge on any atom is 0.161 e. The number of rotatable bonds is 7. The highest BCUT2D eigenvalue weighted by molar-refractivity contribution is 7.11. The van der Waals surface area contributed by atoms with E-state index in [0.29, 0.717) is 33.6 Å². The number of nitrogens with zero attached hydrogens (tertiary/aromatic N) is 2. The quantitative estimate of drug-likeness (QED) is 0.517. The van der Waals surface area contributed by atoms with E-state index in [4.69, 9.17) is 18.9 Å². The predicted molar refractivity (Wildman–Crippen MR) is 114 cm³/mol. The van der Waals surface area contributed by atoms with Crippen LogP contribution in [0.2, 0.25) is 0 Å². The van der Waals surface area contributed by atoms with Gasteiger partial charge in [0.1, 0.15) is 22.6 Å². The first-order valence-electron chi connectivity index (χ1n) is 8.65. The third-order valence-corrected chi connectivity index (χ3v) is 5.15. The minimum Gasteiger partial charge on any atom is -0.497 e. The van der Waals surface area contributed by atoms with E-state index in [1.54, 1.807) is 46.6 Å². The maximum atomic E-state index is 9.70. The molecule has 6 nitrogen and oxygen atoms in total. The van der Waals surface area contributed by atoms with Crippen molar-refractivity contribution in [3.8, 4) is 40.3 Å². The average Bonchev–Trinajstić information content (AvgIpc) is 3.26. The van der Waals surface area contributed by atoms with Crippen molar-refractivity contribution in [2.24, 2.45) is 0 Å². The summed E-state index contributed by atoms with van der Waals surface area (Å²) < 4.78 is 21.3. The van der Waals surface area contributed by atoms with E-state index < -0.39 is 0 Å². The number of benzene rings is 2. The molecule has 0 aliphatic heterocycles. The van der Waals surface area contributed by atoms with E-state index in [1.807, 2.05) is 29.6 Å². The second-order valence-electron chi connectivity index (χ2n) is 5.89. The highest BCUT2D eigenvalue weighted by Crippen LogP contribution is 2.34. The lowest BCUT2D eigenvalue weighted by atomic mass is 10.1. The normalized spacial score (nSPS) is 10.9. The molecular formula is C22H20N2O4S. The Hall–Kier alpha value is -3.50. The van der Waals surface area contributed by atoms with Crippen molar-refractivity contribution in [3.05, 3.63) is 52.3 Å². The van der Waals surface area contributed by atoms with Crippen molar-refractivity contribution in [1.82, 2.24) is 4.98 Å². The third kappa shape index (κ3) is 4.33. The number of thiazole rings is 1. The second-order valence-corrected chi connectivity index (χ2v) is 6.74. The molecule has 0 saturated heterocycles. The Morgan fingerprint density at radius 2 is 1.66 bits per heavy atom. The lowest BCUT2D eigenvalue weighted by molar-refractivity contribution is 0.355. The Morgan fingerprint density at radius 3 is 2.31 bits per heavy atom. The van der Waals surface area contributed by atoms with Gasteiger partial charge in [-0.15, -0.1) is 11.3 Å². The summed E-state index contributed by atoms with van der Waals surface area (Å²) in [6.07, 6.45) is 1.75. The third-order valence-electron chi connectivity index (χ3n) is 4.27. The van der Waals surface area contributed by atoms with E-state index >= 15 is 0 Å². The Labute approximate surface area is 173 Å². The van der Waals surface area contributed by atoms with Gasteiger partial charge in [-0.3, -0.25) is 0 Å². The minimum atomic E-state index is 0.438. The summed E-state index contributed by atoms with van der Waals surface area (Å²) in [4.78, 5) is 4.64. The summed E-state index contributed by atoms with van der Waals surface area (Å²) in [6, 6.07) is 13.2. The molecule has 148 valence electrons.